The normalized spacial score (nSPS) is 11.7. The van der Waals surface area contributed by atoms with E-state index in [1.54, 1.807) is 14.2 Å². The van der Waals surface area contributed by atoms with Crippen LogP contribution in [-0.2, 0) is 12.0 Å². The van der Waals surface area contributed by atoms with Gasteiger partial charge in [0.05, 0.1) is 26.5 Å². The van der Waals surface area contributed by atoms with E-state index in [1.165, 1.54) is 0 Å². The van der Waals surface area contributed by atoms with E-state index in [2.05, 4.69) is 41.2 Å². The zero-order valence-corrected chi connectivity index (χ0v) is 15.6. The fourth-order valence-electron chi connectivity index (χ4n) is 2.48. The summed E-state index contributed by atoms with van der Waals surface area (Å²) in [5.41, 5.74) is 1.98. The molecule has 0 radical (unpaired) electrons. The van der Waals surface area contributed by atoms with Crippen LogP contribution in [0, 0.1) is 0 Å². The highest BCUT2D eigenvalue weighted by molar-refractivity contribution is 5.40. The Morgan fingerprint density at radius 2 is 1.76 bits per heavy atom. The molecule has 0 saturated carbocycles. The number of ether oxygens (including phenoxy) is 2. The molecule has 25 heavy (non-hydrogen) atoms. The van der Waals surface area contributed by atoms with Crippen LogP contribution in [0.2, 0.25) is 0 Å². The third-order valence-electron chi connectivity index (χ3n) is 4.74. The predicted octanol–water partition coefficient (Wildman–Crippen LogP) is 4.86. The second-order valence-electron chi connectivity index (χ2n) is 6.12. The van der Waals surface area contributed by atoms with Crippen LogP contribution in [0.25, 0.3) is 0 Å². The second-order valence-corrected chi connectivity index (χ2v) is 6.12. The lowest BCUT2D eigenvalue weighted by atomic mass is 9.81. The average molecular weight is 342 g/mol. The number of hydrogen-bond donors (Lipinski definition) is 0. The first-order valence-corrected chi connectivity index (χ1v) is 8.49. The molecule has 0 atom stereocenters. The van der Waals surface area contributed by atoms with Crippen LogP contribution in [0.15, 0.2) is 40.6 Å². The number of aromatic nitrogens is 2. The Labute approximate surface area is 149 Å². The lowest BCUT2D eigenvalue weighted by Gasteiger charge is -2.25. The molecule has 2 aromatic rings. The Morgan fingerprint density at radius 3 is 2.32 bits per heavy atom. The molecule has 0 aliphatic rings. The number of nitrogens with zero attached hydrogens (tertiary/aromatic N) is 4. The number of benzene rings is 1. The first kappa shape index (κ1) is 18.8. The highest BCUT2D eigenvalue weighted by Gasteiger charge is 2.24. The minimum atomic E-state index is 0.0547. The van der Waals surface area contributed by atoms with Crippen molar-refractivity contribution in [3.63, 3.8) is 0 Å². The van der Waals surface area contributed by atoms with E-state index in [9.17, 15) is 0 Å². The highest BCUT2D eigenvalue weighted by atomic mass is 16.5. The molecule has 0 spiro atoms. The fourth-order valence-corrected chi connectivity index (χ4v) is 2.48. The van der Waals surface area contributed by atoms with Crippen molar-refractivity contribution in [2.75, 3.05) is 14.2 Å². The van der Waals surface area contributed by atoms with Gasteiger partial charge in [-0.1, -0.05) is 20.8 Å². The Morgan fingerprint density at radius 1 is 1.00 bits per heavy atom. The summed E-state index contributed by atoms with van der Waals surface area (Å²) in [5.74, 6) is 1.97. The van der Waals surface area contributed by atoms with Gasteiger partial charge in [0.15, 0.2) is 5.82 Å². The van der Waals surface area contributed by atoms with E-state index in [0.29, 0.717) is 12.4 Å². The van der Waals surface area contributed by atoms with Crippen molar-refractivity contribution in [1.29, 1.82) is 0 Å². The molecule has 2 rings (SSSR count). The van der Waals surface area contributed by atoms with Crippen LogP contribution < -0.4 is 9.47 Å². The van der Waals surface area contributed by atoms with Crippen molar-refractivity contribution in [3.05, 3.63) is 41.6 Å². The topological polar surface area (TPSA) is 69.0 Å². The predicted molar refractivity (Wildman–Crippen MR) is 97.7 cm³/mol. The summed E-state index contributed by atoms with van der Waals surface area (Å²) in [6.07, 6.45) is 2.05. The summed E-state index contributed by atoms with van der Waals surface area (Å²) in [6.45, 7) is 6.94. The largest absolute Gasteiger partial charge is 0.497 e. The molecule has 0 saturated heterocycles. The Hall–Kier alpha value is -2.50. The minimum absolute atomic E-state index is 0.0547. The van der Waals surface area contributed by atoms with Crippen molar-refractivity contribution >= 4 is 5.82 Å². The Kier molecular flexibility index (Phi) is 6.44. The zero-order valence-electron chi connectivity index (χ0n) is 15.6. The van der Waals surface area contributed by atoms with Gasteiger partial charge in [-0.3, -0.25) is 0 Å². The zero-order chi connectivity index (χ0) is 18.3. The van der Waals surface area contributed by atoms with Crippen molar-refractivity contribution in [3.8, 4) is 11.5 Å². The van der Waals surface area contributed by atoms with Crippen LogP contribution in [0.1, 0.15) is 44.9 Å². The number of azo groups is 1. The van der Waals surface area contributed by atoms with E-state index in [-0.39, 0.29) is 5.41 Å². The van der Waals surface area contributed by atoms with Crippen molar-refractivity contribution < 1.29 is 9.47 Å². The summed E-state index contributed by atoms with van der Waals surface area (Å²) in [7, 11) is 3.25. The average Bonchev–Trinajstić information content (AvgIpc) is 2.68. The number of methoxy groups -OCH3 is 2. The van der Waals surface area contributed by atoms with Crippen LogP contribution in [0.5, 0.6) is 11.5 Å². The van der Waals surface area contributed by atoms with E-state index in [0.717, 1.165) is 35.6 Å². The first-order valence-electron chi connectivity index (χ1n) is 8.49. The third kappa shape index (κ3) is 4.53. The summed E-state index contributed by atoms with van der Waals surface area (Å²) in [4.78, 5) is 0. The summed E-state index contributed by atoms with van der Waals surface area (Å²) in [5, 5.41) is 16.9. The minimum Gasteiger partial charge on any atom is -0.497 e. The van der Waals surface area contributed by atoms with Gasteiger partial charge in [-0.05, 0) is 37.1 Å². The van der Waals surface area contributed by atoms with Crippen LogP contribution in [-0.4, -0.2) is 24.4 Å². The van der Waals surface area contributed by atoms with Gasteiger partial charge in [0, 0.05) is 17.0 Å². The highest BCUT2D eigenvalue weighted by Crippen LogP contribution is 2.29. The van der Waals surface area contributed by atoms with E-state index >= 15 is 0 Å². The molecule has 6 nitrogen and oxygen atoms in total. The molecule has 0 aliphatic carbocycles. The fraction of sp³-hybridized carbons (Fsp3) is 0.474. The van der Waals surface area contributed by atoms with Gasteiger partial charge in [0.25, 0.3) is 0 Å². The maximum Gasteiger partial charge on any atom is 0.195 e. The summed E-state index contributed by atoms with van der Waals surface area (Å²) >= 11 is 0. The quantitative estimate of drug-likeness (QED) is 0.643. The first-order chi connectivity index (χ1) is 12.1. The molecule has 1 aromatic heterocycles. The standard InChI is InChI=1S/C19H26N4O2/c1-6-19(3,7-2)17-10-11-18(23-21-17)22-20-13-14-8-9-15(24-4)12-16(14)25-5/h8-12H,6-7,13H2,1-5H3. The molecule has 0 amide bonds. The lowest BCUT2D eigenvalue weighted by Crippen LogP contribution is -2.21. The third-order valence-corrected chi connectivity index (χ3v) is 4.74. The molecule has 1 heterocycles. The number of rotatable bonds is 8. The molecular weight excluding hydrogens is 316 g/mol. The van der Waals surface area contributed by atoms with Crippen LogP contribution in [0.3, 0.4) is 0 Å². The Balaban J connectivity index is 2.08. The molecule has 6 heteroatoms. The van der Waals surface area contributed by atoms with Crippen molar-refractivity contribution in [1.82, 2.24) is 10.2 Å². The second kappa shape index (κ2) is 8.55. The van der Waals surface area contributed by atoms with Gasteiger partial charge < -0.3 is 9.47 Å². The lowest BCUT2D eigenvalue weighted by molar-refractivity contribution is 0.391. The molecule has 0 N–H and O–H groups in total. The maximum absolute atomic E-state index is 5.36. The molecule has 0 fully saturated rings. The molecule has 1 aromatic carbocycles. The van der Waals surface area contributed by atoms with E-state index in [1.807, 2.05) is 30.3 Å². The van der Waals surface area contributed by atoms with Gasteiger partial charge in [-0.2, -0.15) is 10.2 Å². The summed E-state index contributed by atoms with van der Waals surface area (Å²) in [6, 6.07) is 9.47. The van der Waals surface area contributed by atoms with Gasteiger partial charge in [-0.15, -0.1) is 10.2 Å². The molecule has 134 valence electrons. The summed E-state index contributed by atoms with van der Waals surface area (Å²) < 4.78 is 10.5. The van der Waals surface area contributed by atoms with Gasteiger partial charge in [-0.25, -0.2) is 0 Å². The monoisotopic (exact) mass is 342 g/mol. The van der Waals surface area contributed by atoms with Crippen molar-refractivity contribution in [2.24, 2.45) is 10.2 Å². The molecular formula is C19H26N4O2. The van der Waals surface area contributed by atoms with Crippen LogP contribution >= 0.6 is 0 Å². The SMILES string of the molecule is CCC(C)(CC)c1ccc(N=NCc2ccc(OC)cc2OC)nn1. The maximum atomic E-state index is 5.36. The van der Waals surface area contributed by atoms with Gasteiger partial charge >= 0.3 is 0 Å². The van der Waals surface area contributed by atoms with Gasteiger partial charge in [0.1, 0.15) is 11.5 Å². The molecule has 0 bridgehead atoms. The van der Waals surface area contributed by atoms with Gasteiger partial charge in [0.2, 0.25) is 0 Å². The van der Waals surface area contributed by atoms with Crippen molar-refractivity contribution in [2.45, 2.75) is 45.6 Å². The van der Waals surface area contributed by atoms with E-state index in [4.69, 9.17) is 9.47 Å². The molecule has 0 aliphatic heterocycles. The Bertz CT molecular complexity index is 710. The van der Waals surface area contributed by atoms with E-state index < -0.39 is 0 Å². The smallest absolute Gasteiger partial charge is 0.195 e. The van der Waals surface area contributed by atoms with Crippen LogP contribution in [0.4, 0.5) is 5.82 Å². The number of hydrogen-bond acceptors (Lipinski definition) is 6. The molecule has 0 unspecified atom stereocenters.